The van der Waals surface area contributed by atoms with Crippen molar-refractivity contribution in [3.63, 3.8) is 0 Å². The Bertz CT molecular complexity index is 1070. The molecule has 9 heteroatoms. The van der Waals surface area contributed by atoms with Gasteiger partial charge < -0.3 is 15.2 Å². The summed E-state index contributed by atoms with van der Waals surface area (Å²) in [4.78, 5) is 25.7. The predicted octanol–water partition coefficient (Wildman–Crippen LogP) is 5.05. The van der Waals surface area contributed by atoms with Crippen molar-refractivity contribution in [1.29, 1.82) is 0 Å². The minimum atomic E-state index is -0.472. The van der Waals surface area contributed by atoms with Crippen LogP contribution in [0.25, 0.3) is 10.7 Å². The second-order valence-corrected chi connectivity index (χ2v) is 9.99. The molecule has 3 rings (SSSR count). The highest BCUT2D eigenvalue weighted by Gasteiger charge is 2.21. The number of aromatic nitrogens is 3. The Morgan fingerprint density at radius 3 is 2.55 bits per heavy atom. The molecule has 0 radical (unpaired) electrons. The van der Waals surface area contributed by atoms with Crippen molar-refractivity contribution >= 4 is 46.3 Å². The number of thioether (sulfide) groups is 1. The van der Waals surface area contributed by atoms with Gasteiger partial charge in [0.15, 0.2) is 11.0 Å². The Morgan fingerprint density at radius 1 is 1.16 bits per heavy atom. The number of amides is 2. The zero-order valence-corrected chi connectivity index (χ0v) is 20.0. The highest BCUT2D eigenvalue weighted by atomic mass is 32.2. The maximum Gasteiger partial charge on any atom is 0.234 e. The predicted molar refractivity (Wildman–Crippen MR) is 128 cm³/mol. The summed E-state index contributed by atoms with van der Waals surface area (Å²) < 4.78 is 2.02. The molecule has 7 nitrogen and oxygen atoms in total. The number of anilines is 2. The molecule has 31 heavy (non-hydrogen) atoms. The molecule has 0 saturated heterocycles. The second-order valence-electron chi connectivity index (χ2n) is 8.10. The first-order valence-corrected chi connectivity index (χ1v) is 11.9. The third-order valence-electron chi connectivity index (χ3n) is 4.55. The number of carbonyl (C=O) groups excluding carboxylic acids is 2. The SMILES string of the molecule is CCn1c(SCC(=O)Nc2ccc(NC(=O)C(C)(C)C)cc2C)nnc1-c1cccs1. The first kappa shape index (κ1) is 23.0. The van der Waals surface area contributed by atoms with Gasteiger partial charge in [-0.25, -0.2) is 0 Å². The van der Waals surface area contributed by atoms with Crippen LogP contribution in [-0.4, -0.2) is 32.3 Å². The number of nitrogens with one attached hydrogen (secondary N) is 2. The first-order valence-electron chi connectivity index (χ1n) is 10.0. The van der Waals surface area contributed by atoms with Gasteiger partial charge in [-0.3, -0.25) is 9.59 Å². The lowest BCUT2D eigenvalue weighted by atomic mass is 9.95. The molecule has 0 unspecified atom stereocenters. The molecule has 0 bridgehead atoms. The Kier molecular flexibility index (Phi) is 7.17. The molecule has 164 valence electrons. The lowest BCUT2D eigenvalue weighted by Gasteiger charge is -2.18. The van der Waals surface area contributed by atoms with Crippen LogP contribution >= 0.6 is 23.1 Å². The van der Waals surface area contributed by atoms with E-state index in [1.165, 1.54) is 11.8 Å². The van der Waals surface area contributed by atoms with Crippen molar-refractivity contribution in [3.8, 4) is 10.7 Å². The van der Waals surface area contributed by atoms with Crippen LogP contribution in [0.3, 0.4) is 0 Å². The van der Waals surface area contributed by atoms with Crippen molar-refractivity contribution in [2.24, 2.45) is 5.41 Å². The largest absolute Gasteiger partial charge is 0.326 e. The number of benzene rings is 1. The third kappa shape index (κ3) is 5.74. The summed E-state index contributed by atoms with van der Waals surface area (Å²) in [5.41, 5.74) is 1.83. The minimum Gasteiger partial charge on any atom is -0.326 e. The molecule has 0 aliphatic heterocycles. The van der Waals surface area contributed by atoms with Gasteiger partial charge in [0.25, 0.3) is 0 Å². The number of hydrogen-bond donors (Lipinski definition) is 2. The minimum absolute atomic E-state index is 0.0537. The lowest BCUT2D eigenvalue weighted by Crippen LogP contribution is -2.27. The Labute approximate surface area is 190 Å². The van der Waals surface area contributed by atoms with Gasteiger partial charge in [-0.1, -0.05) is 38.6 Å². The van der Waals surface area contributed by atoms with Crippen LogP contribution in [0.4, 0.5) is 11.4 Å². The first-order chi connectivity index (χ1) is 14.7. The summed E-state index contributed by atoms with van der Waals surface area (Å²) in [6, 6.07) is 9.45. The van der Waals surface area contributed by atoms with E-state index < -0.39 is 5.41 Å². The molecule has 1 aromatic carbocycles. The molecule has 3 aromatic rings. The van der Waals surface area contributed by atoms with Gasteiger partial charge in [-0.2, -0.15) is 0 Å². The fourth-order valence-electron chi connectivity index (χ4n) is 2.79. The third-order valence-corrected chi connectivity index (χ3v) is 6.38. The van der Waals surface area contributed by atoms with Gasteiger partial charge in [-0.05, 0) is 49.1 Å². The maximum atomic E-state index is 12.5. The zero-order chi connectivity index (χ0) is 22.6. The molecule has 0 spiro atoms. The number of nitrogens with zero attached hydrogens (tertiary/aromatic N) is 3. The van der Waals surface area contributed by atoms with Crippen molar-refractivity contribution in [2.75, 3.05) is 16.4 Å². The van der Waals surface area contributed by atoms with Crippen LogP contribution in [0.2, 0.25) is 0 Å². The number of rotatable bonds is 7. The van der Waals surface area contributed by atoms with E-state index in [1.807, 2.05) is 62.8 Å². The van der Waals surface area contributed by atoms with Crippen LogP contribution in [0.5, 0.6) is 0 Å². The molecule has 0 saturated carbocycles. The monoisotopic (exact) mass is 457 g/mol. The Morgan fingerprint density at radius 2 is 1.94 bits per heavy atom. The van der Waals surface area contributed by atoms with Crippen LogP contribution in [0.1, 0.15) is 33.3 Å². The Balaban J connectivity index is 1.61. The maximum absolute atomic E-state index is 12.5. The van der Waals surface area contributed by atoms with Crippen molar-refractivity contribution in [1.82, 2.24) is 14.8 Å². The van der Waals surface area contributed by atoms with Gasteiger partial charge in [0.1, 0.15) is 0 Å². The highest BCUT2D eigenvalue weighted by Crippen LogP contribution is 2.27. The summed E-state index contributed by atoms with van der Waals surface area (Å²) >= 11 is 2.98. The standard InChI is InChI=1S/C22H27N5O2S2/c1-6-27-19(17-8-7-11-30-17)25-26-21(27)31-13-18(28)24-16-10-9-15(12-14(16)2)23-20(29)22(3,4)5/h7-12H,6,13H2,1-5H3,(H,23,29)(H,24,28). The van der Waals surface area contributed by atoms with Crippen molar-refractivity contribution in [3.05, 3.63) is 41.3 Å². The average molecular weight is 458 g/mol. The van der Waals surface area contributed by atoms with Gasteiger partial charge >= 0.3 is 0 Å². The summed E-state index contributed by atoms with van der Waals surface area (Å²) in [7, 11) is 0. The molecular weight excluding hydrogens is 430 g/mol. The lowest BCUT2D eigenvalue weighted by molar-refractivity contribution is -0.123. The number of carbonyl (C=O) groups is 2. The van der Waals surface area contributed by atoms with E-state index in [9.17, 15) is 9.59 Å². The van der Waals surface area contributed by atoms with E-state index >= 15 is 0 Å². The smallest absolute Gasteiger partial charge is 0.234 e. The van der Waals surface area contributed by atoms with E-state index in [-0.39, 0.29) is 17.6 Å². The van der Waals surface area contributed by atoms with Crippen LogP contribution in [-0.2, 0) is 16.1 Å². The second kappa shape index (κ2) is 9.65. The van der Waals surface area contributed by atoms with Crippen LogP contribution < -0.4 is 10.6 Å². The fourth-order valence-corrected chi connectivity index (χ4v) is 4.30. The highest BCUT2D eigenvalue weighted by molar-refractivity contribution is 7.99. The Hall–Kier alpha value is -2.65. The van der Waals surface area contributed by atoms with Crippen LogP contribution in [0.15, 0.2) is 40.9 Å². The molecule has 0 aliphatic rings. The van der Waals surface area contributed by atoms with E-state index in [2.05, 4.69) is 20.8 Å². The van der Waals surface area contributed by atoms with E-state index in [0.717, 1.165) is 33.7 Å². The number of aryl methyl sites for hydroxylation is 1. The average Bonchev–Trinajstić information content (AvgIpc) is 3.36. The summed E-state index contributed by atoms with van der Waals surface area (Å²) in [6.45, 7) is 10.3. The van der Waals surface area contributed by atoms with E-state index in [4.69, 9.17) is 0 Å². The van der Waals surface area contributed by atoms with Crippen molar-refractivity contribution in [2.45, 2.75) is 46.3 Å². The topological polar surface area (TPSA) is 88.9 Å². The van der Waals surface area contributed by atoms with Crippen LogP contribution in [0, 0.1) is 12.3 Å². The summed E-state index contributed by atoms with van der Waals surface area (Å²) in [5.74, 6) is 0.874. The van der Waals surface area contributed by atoms with Crippen molar-refractivity contribution < 1.29 is 9.59 Å². The molecule has 2 aromatic heterocycles. The summed E-state index contributed by atoms with van der Waals surface area (Å²) in [5, 5.41) is 17.1. The molecule has 2 N–H and O–H groups in total. The van der Waals surface area contributed by atoms with Gasteiger partial charge in [0.05, 0.1) is 10.6 Å². The fraction of sp³-hybridized carbons (Fsp3) is 0.364. The van der Waals surface area contributed by atoms with Gasteiger partial charge in [-0.15, -0.1) is 21.5 Å². The number of hydrogen-bond acceptors (Lipinski definition) is 6. The molecule has 0 fully saturated rings. The molecule has 0 atom stereocenters. The molecule has 2 amide bonds. The van der Waals surface area contributed by atoms with Gasteiger partial charge in [0.2, 0.25) is 11.8 Å². The quantitative estimate of drug-likeness (QED) is 0.485. The summed E-state index contributed by atoms with van der Waals surface area (Å²) in [6.07, 6.45) is 0. The van der Waals surface area contributed by atoms with E-state index in [0.29, 0.717) is 5.69 Å². The molecular formula is C22H27N5O2S2. The normalized spacial score (nSPS) is 11.4. The molecule has 2 heterocycles. The van der Waals surface area contributed by atoms with E-state index in [1.54, 1.807) is 23.5 Å². The zero-order valence-electron chi connectivity index (χ0n) is 18.4. The number of thiophene rings is 1. The van der Waals surface area contributed by atoms with Gasteiger partial charge in [0, 0.05) is 23.3 Å². The molecule has 0 aliphatic carbocycles.